The van der Waals surface area contributed by atoms with Crippen molar-refractivity contribution in [2.24, 2.45) is 5.10 Å². The predicted octanol–water partition coefficient (Wildman–Crippen LogP) is 1.28. The number of rotatable bonds is 4. The van der Waals surface area contributed by atoms with Crippen molar-refractivity contribution < 1.29 is 9.84 Å². The minimum absolute atomic E-state index is 0.0350. The number of para-hydroxylation sites is 1. The minimum Gasteiger partial charge on any atom is -0.504 e. The van der Waals surface area contributed by atoms with Gasteiger partial charge in [-0.15, -0.1) is 15.3 Å². The molecule has 0 bridgehead atoms. The Morgan fingerprint density at radius 2 is 2.24 bits per heavy atom. The first kappa shape index (κ1) is 12.9. The molecule has 8 heteroatoms. The van der Waals surface area contributed by atoms with Crippen LogP contribution in [-0.4, -0.2) is 38.2 Å². The summed E-state index contributed by atoms with van der Waals surface area (Å²) < 4.78 is 6.56. The largest absolute Gasteiger partial charge is 0.504 e. The molecule has 0 fully saturated rings. The summed E-state index contributed by atoms with van der Waals surface area (Å²) in [6.45, 7) is 0. The molecule has 2 N–H and O–H groups in total. The van der Waals surface area contributed by atoms with Crippen LogP contribution in [0.3, 0.4) is 0 Å². The number of phenolic OH excluding ortho intramolecular Hbond substituents is 1. The van der Waals surface area contributed by atoms with Gasteiger partial charge in [0.15, 0.2) is 23.0 Å². The van der Waals surface area contributed by atoms with Crippen molar-refractivity contribution in [3.05, 3.63) is 42.2 Å². The van der Waals surface area contributed by atoms with E-state index in [0.29, 0.717) is 22.8 Å². The Morgan fingerprint density at radius 1 is 1.33 bits per heavy atom. The van der Waals surface area contributed by atoms with E-state index < -0.39 is 0 Å². The number of phenols is 1. The smallest absolute Gasteiger partial charge is 0.177 e. The number of nitrogens with zero attached hydrogens (tertiary/aromatic N) is 5. The van der Waals surface area contributed by atoms with Crippen LogP contribution in [0.2, 0.25) is 0 Å². The Morgan fingerprint density at radius 3 is 3.10 bits per heavy atom. The van der Waals surface area contributed by atoms with Crippen LogP contribution in [0, 0.1) is 0 Å². The average molecular weight is 284 g/mol. The van der Waals surface area contributed by atoms with Crippen molar-refractivity contribution >= 4 is 17.7 Å². The van der Waals surface area contributed by atoms with Crippen molar-refractivity contribution in [3.8, 4) is 11.5 Å². The molecule has 0 saturated heterocycles. The number of anilines is 1. The van der Waals surface area contributed by atoms with E-state index in [0.717, 1.165) is 0 Å². The monoisotopic (exact) mass is 284 g/mol. The zero-order valence-corrected chi connectivity index (χ0v) is 11.1. The standard InChI is InChI=1S/C13H12N6O2/c1-21-10-4-2-3-9(13(10)20)7-14-16-11-5-6-12-17-15-8-19(12)18-11/h2-8,20H,1H3,(H,16,18)/b14-7+. The van der Waals surface area contributed by atoms with Crippen LogP contribution in [-0.2, 0) is 0 Å². The summed E-state index contributed by atoms with van der Waals surface area (Å²) in [5.74, 6) is 0.955. The molecule has 0 atom stereocenters. The number of hydrogen-bond acceptors (Lipinski definition) is 7. The van der Waals surface area contributed by atoms with Crippen molar-refractivity contribution in [2.45, 2.75) is 0 Å². The highest BCUT2D eigenvalue weighted by atomic mass is 16.5. The maximum atomic E-state index is 9.92. The summed E-state index contributed by atoms with van der Waals surface area (Å²) >= 11 is 0. The number of hydrazone groups is 1. The van der Waals surface area contributed by atoms with Crippen molar-refractivity contribution in [2.75, 3.05) is 12.5 Å². The molecule has 0 unspecified atom stereocenters. The fraction of sp³-hybridized carbons (Fsp3) is 0.0769. The molecule has 2 heterocycles. The Kier molecular flexibility index (Phi) is 3.34. The first-order valence-electron chi connectivity index (χ1n) is 6.10. The Hall–Kier alpha value is -3.16. The van der Waals surface area contributed by atoms with Crippen LogP contribution in [0.4, 0.5) is 5.82 Å². The van der Waals surface area contributed by atoms with Crippen LogP contribution in [0.1, 0.15) is 5.56 Å². The Bertz CT molecular complexity index is 798. The summed E-state index contributed by atoms with van der Waals surface area (Å²) in [5.41, 5.74) is 3.95. The quantitative estimate of drug-likeness (QED) is 0.553. The van der Waals surface area contributed by atoms with Gasteiger partial charge in [0.25, 0.3) is 0 Å². The van der Waals surface area contributed by atoms with Gasteiger partial charge in [-0.3, -0.25) is 5.43 Å². The Labute approximate surface area is 119 Å². The highest BCUT2D eigenvalue weighted by molar-refractivity contribution is 5.85. The van der Waals surface area contributed by atoms with Gasteiger partial charge in [0, 0.05) is 5.56 Å². The molecule has 8 nitrogen and oxygen atoms in total. The number of fused-ring (bicyclic) bond motifs is 1. The van der Waals surface area contributed by atoms with E-state index in [4.69, 9.17) is 4.74 Å². The van der Waals surface area contributed by atoms with Gasteiger partial charge in [0.2, 0.25) is 0 Å². The molecule has 3 rings (SSSR count). The molecule has 0 amide bonds. The molecule has 0 saturated carbocycles. The van der Waals surface area contributed by atoms with Crippen LogP contribution in [0.15, 0.2) is 41.8 Å². The number of aromatic nitrogens is 4. The number of ether oxygens (including phenoxy) is 1. The van der Waals surface area contributed by atoms with Gasteiger partial charge in [-0.25, -0.2) is 0 Å². The van der Waals surface area contributed by atoms with E-state index >= 15 is 0 Å². The highest BCUT2D eigenvalue weighted by Crippen LogP contribution is 2.27. The molecule has 1 aromatic carbocycles. The molecule has 0 aliphatic carbocycles. The van der Waals surface area contributed by atoms with E-state index in [2.05, 4.69) is 25.8 Å². The Balaban J connectivity index is 1.77. The molecule has 21 heavy (non-hydrogen) atoms. The fourth-order valence-electron chi connectivity index (χ4n) is 1.76. The highest BCUT2D eigenvalue weighted by Gasteiger charge is 2.04. The molecule has 0 spiro atoms. The van der Waals surface area contributed by atoms with Crippen molar-refractivity contribution in [1.82, 2.24) is 19.8 Å². The van der Waals surface area contributed by atoms with Gasteiger partial charge in [-0.1, -0.05) is 6.07 Å². The molecule has 106 valence electrons. The third kappa shape index (κ3) is 2.59. The first-order valence-corrected chi connectivity index (χ1v) is 6.10. The third-order valence-corrected chi connectivity index (χ3v) is 2.79. The van der Waals surface area contributed by atoms with Gasteiger partial charge in [-0.05, 0) is 24.3 Å². The second-order valence-corrected chi connectivity index (χ2v) is 4.12. The number of aromatic hydroxyl groups is 1. The van der Waals surface area contributed by atoms with Gasteiger partial charge < -0.3 is 9.84 Å². The van der Waals surface area contributed by atoms with Crippen LogP contribution < -0.4 is 10.2 Å². The number of nitrogens with one attached hydrogen (secondary N) is 1. The second-order valence-electron chi connectivity index (χ2n) is 4.12. The lowest BCUT2D eigenvalue weighted by Gasteiger charge is -2.05. The molecule has 0 aliphatic heterocycles. The number of benzene rings is 1. The van der Waals surface area contributed by atoms with E-state index in [1.165, 1.54) is 24.2 Å². The minimum atomic E-state index is 0.0350. The molecular formula is C13H12N6O2. The summed E-state index contributed by atoms with van der Waals surface area (Å²) in [6.07, 6.45) is 2.98. The van der Waals surface area contributed by atoms with E-state index in [1.54, 1.807) is 30.3 Å². The van der Waals surface area contributed by atoms with Gasteiger partial charge in [0.05, 0.1) is 13.3 Å². The van der Waals surface area contributed by atoms with Crippen LogP contribution in [0.5, 0.6) is 11.5 Å². The average Bonchev–Trinajstić information content (AvgIpc) is 2.96. The van der Waals surface area contributed by atoms with Crippen LogP contribution >= 0.6 is 0 Å². The van der Waals surface area contributed by atoms with Crippen molar-refractivity contribution in [3.63, 3.8) is 0 Å². The summed E-state index contributed by atoms with van der Waals surface area (Å²) in [4.78, 5) is 0. The second kappa shape index (κ2) is 5.45. The lowest BCUT2D eigenvalue weighted by Crippen LogP contribution is -1.98. The molecule has 2 aromatic heterocycles. The van der Waals surface area contributed by atoms with E-state index in [9.17, 15) is 5.11 Å². The van der Waals surface area contributed by atoms with E-state index in [-0.39, 0.29) is 5.75 Å². The SMILES string of the molecule is COc1cccc(/C=N/Nc2ccc3nncn3n2)c1O. The van der Waals surface area contributed by atoms with Gasteiger partial charge >= 0.3 is 0 Å². The zero-order valence-electron chi connectivity index (χ0n) is 11.1. The summed E-state index contributed by atoms with van der Waals surface area (Å²) in [5, 5.41) is 25.7. The summed E-state index contributed by atoms with van der Waals surface area (Å²) in [7, 11) is 1.49. The molecule has 0 radical (unpaired) electrons. The lowest BCUT2D eigenvalue weighted by atomic mass is 10.2. The van der Waals surface area contributed by atoms with E-state index in [1.807, 2.05) is 0 Å². The molecule has 0 aliphatic rings. The number of methoxy groups -OCH3 is 1. The first-order chi connectivity index (χ1) is 10.3. The maximum absolute atomic E-state index is 9.92. The zero-order chi connectivity index (χ0) is 14.7. The van der Waals surface area contributed by atoms with Crippen molar-refractivity contribution in [1.29, 1.82) is 0 Å². The fourth-order valence-corrected chi connectivity index (χ4v) is 1.76. The molecular weight excluding hydrogens is 272 g/mol. The predicted molar refractivity (Wildman–Crippen MR) is 76.7 cm³/mol. The van der Waals surface area contributed by atoms with Gasteiger partial charge in [0.1, 0.15) is 6.33 Å². The third-order valence-electron chi connectivity index (χ3n) is 2.79. The summed E-state index contributed by atoms with van der Waals surface area (Å²) in [6, 6.07) is 8.65. The normalized spacial score (nSPS) is 11.1. The lowest BCUT2D eigenvalue weighted by molar-refractivity contribution is 0.373. The van der Waals surface area contributed by atoms with Crippen LogP contribution in [0.25, 0.3) is 5.65 Å². The number of hydrogen-bond donors (Lipinski definition) is 2. The maximum Gasteiger partial charge on any atom is 0.177 e. The topological polar surface area (TPSA) is 96.9 Å². The van der Waals surface area contributed by atoms with Gasteiger partial charge in [-0.2, -0.15) is 9.62 Å². The molecule has 3 aromatic rings.